The Bertz CT molecular complexity index is 767. The minimum Gasteiger partial charge on any atom is -0.481 e. The zero-order valence-electron chi connectivity index (χ0n) is 14.4. The quantitative estimate of drug-likeness (QED) is 0.874. The van der Waals surface area contributed by atoms with Gasteiger partial charge in [0.05, 0.1) is 0 Å². The fourth-order valence-corrected chi connectivity index (χ4v) is 3.19. The van der Waals surface area contributed by atoms with E-state index >= 15 is 0 Å². The number of carboxylic acid groups (broad SMARTS) is 1. The van der Waals surface area contributed by atoms with Crippen molar-refractivity contribution >= 4 is 29.2 Å². The molecule has 2 aromatic carbocycles. The molecule has 1 fully saturated rings. The molecule has 0 atom stereocenters. The average Bonchev–Trinajstić information content (AvgIpc) is 2.67. The number of hydrogen-bond donors (Lipinski definition) is 1. The normalized spacial score (nSPS) is 14.3. The van der Waals surface area contributed by atoms with Crippen molar-refractivity contribution in [3.05, 3.63) is 64.7 Å². The Morgan fingerprint density at radius 2 is 1.54 bits per heavy atom. The third-order valence-corrected chi connectivity index (χ3v) is 4.84. The van der Waals surface area contributed by atoms with Crippen molar-refractivity contribution in [1.29, 1.82) is 0 Å². The lowest BCUT2D eigenvalue weighted by atomic mass is 10.1. The molecule has 1 aliphatic rings. The fraction of sp³-hybridized carbons (Fsp3) is 0.300. The van der Waals surface area contributed by atoms with E-state index in [1.165, 1.54) is 0 Å². The van der Waals surface area contributed by atoms with Gasteiger partial charge in [0.15, 0.2) is 0 Å². The highest BCUT2D eigenvalue weighted by Crippen LogP contribution is 2.19. The van der Waals surface area contributed by atoms with Crippen LogP contribution in [0.1, 0.15) is 22.3 Å². The van der Waals surface area contributed by atoms with Crippen LogP contribution >= 0.6 is 11.6 Å². The van der Waals surface area contributed by atoms with Crippen LogP contribution in [0.4, 0.5) is 5.69 Å². The number of halogens is 1. The Morgan fingerprint density at radius 1 is 0.923 bits per heavy atom. The molecular formula is C20H21ClN2O3. The van der Waals surface area contributed by atoms with Crippen molar-refractivity contribution < 1.29 is 14.7 Å². The highest BCUT2D eigenvalue weighted by Gasteiger charge is 2.22. The summed E-state index contributed by atoms with van der Waals surface area (Å²) in [5.41, 5.74) is 2.78. The topological polar surface area (TPSA) is 60.9 Å². The number of piperazine rings is 1. The van der Waals surface area contributed by atoms with Gasteiger partial charge >= 0.3 is 5.97 Å². The van der Waals surface area contributed by atoms with E-state index in [2.05, 4.69) is 4.90 Å². The van der Waals surface area contributed by atoms with Gasteiger partial charge in [-0.1, -0.05) is 23.7 Å². The summed E-state index contributed by atoms with van der Waals surface area (Å²) >= 11 is 5.87. The molecule has 5 nitrogen and oxygen atoms in total. The third kappa shape index (κ3) is 4.55. The molecule has 1 amide bonds. The molecule has 1 heterocycles. The first-order valence-electron chi connectivity index (χ1n) is 8.63. The number of aryl methyl sites for hydroxylation is 1. The first kappa shape index (κ1) is 18.3. The van der Waals surface area contributed by atoms with Crippen molar-refractivity contribution in [2.24, 2.45) is 0 Å². The van der Waals surface area contributed by atoms with E-state index in [1.807, 2.05) is 29.2 Å². The number of carbonyl (C=O) groups is 2. The van der Waals surface area contributed by atoms with Crippen LogP contribution in [0.25, 0.3) is 0 Å². The van der Waals surface area contributed by atoms with E-state index in [4.69, 9.17) is 16.7 Å². The third-order valence-electron chi connectivity index (χ3n) is 4.59. The van der Waals surface area contributed by atoms with E-state index in [0.29, 0.717) is 30.1 Å². The van der Waals surface area contributed by atoms with Crippen LogP contribution in [-0.4, -0.2) is 48.1 Å². The van der Waals surface area contributed by atoms with Crippen LogP contribution in [0.3, 0.4) is 0 Å². The number of rotatable bonds is 5. The first-order valence-corrected chi connectivity index (χ1v) is 9.01. The SMILES string of the molecule is O=C(O)CCc1ccc(N2CCN(C(=O)c3ccc(Cl)cc3)CC2)cc1. The number of carboxylic acids is 1. The molecule has 0 aliphatic carbocycles. The summed E-state index contributed by atoms with van der Waals surface area (Å²) in [5, 5.41) is 9.38. The lowest BCUT2D eigenvalue weighted by Gasteiger charge is -2.36. The van der Waals surface area contributed by atoms with Crippen molar-refractivity contribution in [2.45, 2.75) is 12.8 Å². The lowest BCUT2D eigenvalue weighted by Crippen LogP contribution is -2.48. The molecular weight excluding hydrogens is 352 g/mol. The molecule has 26 heavy (non-hydrogen) atoms. The maximum absolute atomic E-state index is 12.5. The number of aliphatic carboxylic acids is 1. The second kappa shape index (κ2) is 8.23. The van der Waals surface area contributed by atoms with Crippen molar-refractivity contribution in [1.82, 2.24) is 4.90 Å². The van der Waals surface area contributed by atoms with Crippen molar-refractivity contribution in [3.8, 4) is 0 Å². The standard InChI is InChI=1S/C20H21ClN2O3/c21-17-6-4-16(5-7-17)20(26)23-13-11-22(12-14-23)18-8-1-15(2-9-18)3-10-19(24)25/h1-2,4-9H,3,10-14H2,(H,24,25). The number of amides is 1. The molecule has 1 saturated heterocycles. The van der Waals surface area contributed by atoms with Gasteiger partial charge < -0.3 is 14.9 Å². The first-order chi connectivity index (χ1) is 12.5. The van der Waals surface area contributed by atoms with E-state index in [0.717, 1.165) is 24.3 Å². The molecule has 6 heteroatoms. The van der Waals surface area contributed by atoms with Gasteiger partial charge in [-0.3, -0.25) is 9.59 Å². The van der Waals surface area contributed by atoms with Crippen LogP contribution in [0, 0.1) is 0 Å². The van der Waals surface area contributed by atoms with Gasteiger partial charge in [-0.25, -0.2) is 0 Å². The minimum atomic E-state index is -0.782. The monoisotopic (exact) mass is 372 g/mol. The number of hydrogen-bond acceptors (Lipinski definition) is 3. The zero-order valence-corrected chi connectivity index (χ0v) is 15.2. The second-order valence-corrected chi connectivity index (χ2v) is 6.78. The number of nitrogens with zero attached hydrogens (tertiary/aromatic N) is 2. The van der Waals surface area contributed by atoms with E-state index in [1.54, 1.807) is 24.3 Å². The van der Waals surface area contributed by atoms with E-state index in [-0.39, 0.29) is 12.3 Å². The smallest absolute Gasteiger partial charge is 0.303 e. The largest absolute Gasteiger partial charge is 0.481 e. The van der Waals surface area contributed by atoms with Gasteiger partial charge in [0.1, 0.15) is 0 Å². The summed E-state index contributed by atoms with van der Waals surface area (Å²) in [6.45, 7) is 2.88. The van der Waals surface area contributed by atoms with Gasteiger partial charge in [-0.15, -0.1) is 0 Å². The average molecular weight is 373 g/mol. The van der Waals surface area contributed by atoms with Crippen LogP contribution in [-0.2, 0) is 11.2 Å². The van der Waals surface area contributed by atoms with Crippen molar-refractivity contribution in [3.63, 3.8) is 0 Å². The molecule has 136 valence electrons. The summed E-state index contributed by atoms with van der Waals surface area (Å²) < 4.78 is 0. The number of carbonyl (C=O) groups excluding carboxylic acids is 1. The van der Waals surface area contributed by atoms with Crippen LogP contribution in [0.15, 0.2) is 48.5 Å². The molecule has 0 spiro atoms. The Hall–Kier alpha value is -2.53. The van der Waals surface area contributed by atoms with E-state index in [9.17, 15) is 9.59 Å². The maximum atomic E-state index is 12.5. The predicted octanol–water partition coefficient (Wildman–Crippen LogP) is 3.32. The molecule has 1 N–H and O–H groups in total. The molecule has 0 radical (unpaired) electrons. The Balaban J connectivity index is 1.55. The highest BCUT2D eigenvalue weighted by molar-refractivity contribution is 6.30. The molecule has 3 rings (SSSR count). The molecule has 0 saturated carbocycles. The molecule has 0 aromatic heterocycles. The van der Waals surface area contributed by atoms with Gasteiger partial charge in [0.2, 0.25) is 0 Å². The summed E-state index contributed by atoms with van der Waals surface area (Å²) in [6, 6.07) is 15.0. The van der Waals surface area contributed by atoms with Gasteiger partial charge in [0, 0.05) is 48.9 Å². The molecule has 0 bridgehead atoms. The number of benzene rings is 2. The van der Waals surface area contributed by atoms with E-state index < -0.39 is 5.97 Å². The Morgan fingerprint density at radius 3 is 2.12 bits per heavy atom. The number of anilines is 1. The van der Waals surface area contributed by atoms with Crippen LogP contribution in [0.5, 0.6) is 0 Å². The molecule has 0 unspecified atom stereocenters. The Kier molecular flexibility index (Phi) is 5.78. The highest BCUT2D eigenvalue weighted by atomic mass is 35.5. The van der Waals surface area contributed by atoms with Crippen molar-refractivity contribution in [2.75, 3.05) is 31.1 Å². The summed E-state index contributed by atoms with van der Waals surface area (Å²) in [6.07, 6.45) is 0.684. The summed E-state index contributed by atoms with van der Waals surface area (Å²) in [7, 11) is 0. The van der Waals surface area contributed by atoms with Gasteiger partial charge in [-0.05, 0) is 48.4 Å². The van der Waals surface area contributed by atoms with Gasteiger partial charge in [-0.2, -0.15) is 0 Å². The predicted molar refractivity (Wildman–Crippen MR) is 102 cm³/mol. The Labute approximate surface area is 157 Å². The van der Waals surface area contributed by atoms with Crippen LogP contribution < -0.4 is 4.90 Å². The maximum Gasteiger partial charge on any atom is 0.303 e. The summed E-state index contributed by atoms with van der Waals surface area (Å²) in [5.74, 6) is -0.749. The fourth-order valence-electron chi connectivity index (χ4n) is 3.07. The lowest BCUT2D eigenvalue weighted by molar-refractivity contribution is -0.136. The zero-order chi connectivity index (χ0) is 18.5. The van der Waals surface area contributed by atoms with Gasteiger partial charge in [0.25, 0.3) is 5.91 Å². The second-order valence-electron chi connectivity index (χ2n) is 6.35. The summed E-state index contributed by atoms with van der Waals surface area (Å²) in [4.78, 5) is 27.3. The minimum absolute atomic E-state index is 0.0327. The molecule has 1 aliphatic heterocycles. The van der Waals surface area contributed by atoms with Crippen LogP contribution in [0.2, 0.25) is 5.02 Å². The molecule has 2 aromatic rings.